The van der Waals surface area contributed by atoms with Gasteiger partial charge in [0.15, 0.2) is 0 Å². The molecule has 1 aromatic rings. The second-order valence-corrected chi connectivity index (χ2v) is 15.4. The molecular weight excluding hydrogens is 530 g/mol. The largest absolute Gasteiger partial charge is 0.491 e. The molecule has 4 aliphatic carbocycles. The van der Waals surface area contributed by atoms with Crippen LogP contribution in [0.3, 0.4) is 0 Å². The summed E-state index contributed by atoms with van der Waals surface area (Å²) in [5, 5.41) is 21.7. The summed E-state index contributed by atoms with van der Waals surface area (Å²) in [4.78, 5) is 12.4. The SMILES string of the molecule is CC(C)Oc1ccc(S(=O)(=O)NC(=O)OCC[C@H]2CC[C@H]3[C@@H]4[C@H](O)C[C@@H]5C[C@H](O)CC[C@]5(C)[C@H]4CC[C@]23C)cc1. The number of fused-ring (bicyclic) bond motifs is 5. The summed E-state index contributed by atoms with van der Waals surface area (Å²) in [6, 6.07) is 5.93. The highest BCUT2D eigenvalue weighted by Gasteiger charge is 2.62. The molecule has 0 bridgehead atoms. The molecule has 5 rings (SSSR count). The molecule has 9 atom stereocenters. The lowest BCUT2D eigenvalue weighted by Crippen LogP contribution is -2.58. The van der Waals surface area contributed by atoms with Crippen molar-refractivity contribution in [3.05, 3.63) is 24.3 Å². The maximum absolute atomic E-state index is 12.7. The van der Waals surface area contributed by atoms with Gasteiger partial charge >= 0.3 is 6.09 Å². The van der Waals surface area contributed by atoms with Gasteiger partial charge in [0.25, 0.3) is 10.0 Å². The van der Waals surface area contributed by atoms with Crippen molar-refractivity contribution in [3.63, 3.8) is 0 Å². The molecule has 4 fully saturated rings. The summed E-state index contributed by atoms with van der Waals surface area (Å²) in [7, 11) is -4.05. The van der Waals surface area contributed by atoms with Crippen molar-refractivity contribution in [2.45, 2.75) is 109 Å². The highest BCUT2D eigenvalue weighted by molar-refractivity contribution is 7.90. The van der Waals surface area contributed by atoms with Gasteiger partial charge in [0, 0.05) is 0 Å². The Morgan fingerprint density at radius 2 is 1.68 bits per heavy atom. The van der Waals surface area contributed by atoms with Crippen molar-refractivity contribution in [2.75, 3.05) is 6.61 Å². The first kappa shape index (κ1) is 29.6. The van der Waals surface area contributed by atoms with Gasteiger partial charge in [-0.1, -0.05) is 13.8 Å². The zero-order valence-electron chi connectivity index (χ0n) is 24.3. The van der Waals surface area contributed by atoms with Crippen LogP contribution in [0.1, 0.15) is 85.5 Å². The second kappa shape index (κ2) is 11.1. The molecule has 0 saturated heterocycles. The van der Waals surface area contributed by atoms with E-state index in [-0.39, 0.29) is 46.6 Å². The number of aliphatic hydroxyl groups excluding tert-OH is 2. The van der Waals surface area contributed by atoms with Gasteiger partial charge in [0.2, 0.25) is 0 Å². The van der Waals surface area contributed by atoms with Crippen LogP contribution in [0.15, 0.2) is 29.2 Å². The van der Waals surface area contributed by atoms with Crippen molar-refractivity contribution in [1.29, 1.82) is 0 Å². The lowest BCUT2D eigenvalue weighted by molar-refractivity contribution is -0.172. The Morgan fingerprint density at radius 1 is 1.00 bits per heavy atom. The van der Waals surface area contributed by atoms with Crippen LogP contribution in [0.2, 0.25) is 0 Å². The van der Waals surface area contributed by atoms with Crippen LogP contribution >= 0.6 is 0 Å². The van der Waals surface area contributed by atoms with Gasteiger partial charge in [0.1, 0.15) is 5.75 Å². The first-order valence-corrected chi connectivity index (χ1v) is 16.6. The minimum Gasteiger partial charge on any atom is -0.491 e. The zero-order chi connectivity index (χ0) is 28.9. The van der Waals surface area contributed by atoms with Gasteiger partial charge in [-0.2, -0.15) is 0 Å². The third kappa shape index (κ3) is 5.50. The van der Waals surface area contributed by atoms with Gasteiger partial charge in [-0.15, -0.1) is 0 Å². The fourth-order valence-corrected chi connectivity index (χ4v) is 10.1. The first-order valence-electron chi connectivity index (χ1n) is 15.2. The number of aliphatic hydroxyl groups is 2. The molecule has 8 nitrogen and oxygen atoms in total. The molecule has 3 N–H and O–H groups in total. The number of sulfonamides is 1. The smallest absolute Gasteiger partial charge is 0.421 e. The highest BCUT2D eigenvalue weighted by atomic mass is 32.2. The molecule has 0 radical (unpaired) electrons. The number of nitrogens with one attached hydrogen (secondary N) is 1. The Kier molecular flexibility index (Phi) is 8.23. The number of ether oxygens (including phenoxy) is 2. The molecule has 4 aliphatic rings. The number of carbonyl (C=O) groups is 1. The third-order valence-corrected chi connectivity index (χ3v) is 12.6. The van der Waals surface area contributed by atoms with Crippen LogP contribution < -0.4 is 9.46 Å². The Balaban J connectivity index is 1.16. The second-order valence-electron chi connectivity index (χ2n) is 13.7. The van der Waals surface area contributed by atoms with Crippen LogP contribution in [0.25, 0.3) is 0 Å². The fourth-order valence-electron chi connectivity index (χ4n) is 9.24. The molecule has 0 unspecified atom stereocenters. The summed E-state index contributed by atoms with van der Waals surface area (Å²) in [5.41, 5.74) is 0.266. The van der Waals surface area contributed by atoms with E-state index in [1.807, 2.05) is 18.6 Å². The monoisotopic (exact) mass is 577 g/mol. The van der Waals surface area contributed by atoms with E-state index in [4.69, 9.17) is 9.47 Å². The molecule has 1 amide bonds. The van der Waals surface area contributed by atoms with Gasteiger partial charge in [-0.05, 0) is 136 Å². The number of hydrogen-bond donors (Lipinski definition) is 3. The predicted molar refractivity (Wildman–Crippen MR) is 151 cm³/mol. The van der Waals surface area contributed by atoms with Crippen molar-refractivity contribution < 1.29 is 32.9 Å². The van der Waals surface area contributed by atoms with E-state index >= 15 is 0 Å². The first-order chi connectivity index (χ1) is 18.8. The van der Waals surface area contributed by atoms with Crippen molar-refractivity contribution in [1.82, 2.24) is 4.72 Å². The van der Waals surface area contributed by atoms with Crippen molar-refractivity contribution >= 4 is 16.1 Å². The normalized spacial score (nSPS) is 39.1. The molecule has 0 aromatic heterocycles. The Hall–Kier alpha value is -1.84. The van der Waals surface area contributed by atoms with Crippen LogP contribution in [0.5, 0.6) is 5.75 Å². The summed E-state index contributed by atoms with van der Waals surface area (Å²) in [6.07, 6.45) is 6.93. The Labute approximate surface area is 239 Å². The van der Waals surface area contributed by atoms with Crippen molar-refractivity contribution in [2.24, 2.45) is 40.4 Å². The van der Waals surface area contributed by atoms with Crippen LogP contribution in [0.4, 0.5) is 4.79 Å². The summed E-state index contributed by atoms with van der Waals surface area (Å²) < 4.78 is 38.2. The van der Waals surface area contributed by atoms with Gasteiger partial charge in [-0.3, -0.25) is 0 Å². The number of benzene rings is 1. The Bertz CT molecular complexity index is 1170. The molecule has 0 heterocycles. The maximum atomic E-state index is 12.7. The Morgan fingerprint density at radius 3 is 2.38 bits per heavy atom. The minimum absolute atomic E-state index is 0.0294. The standard InChI is InChI=1S/C31H47NO7S/c1-19(2)39-23-6-8-24(9-7-23)40(36,37)32-29(35)38-16-13-20-5-10-25-28-26(12-15-30(20,25)3)31(4)14-11-22(33)17-21(31)18-27(28)34/h6-9,19-22,25-28,33-34H,5,10-18H2,1-4H3,(H,32,35)/t20-,21+,22-,25+,26+,27-,28+,30-,31+/m1/s1. The number of amides is 1. The number of carbonyl (C=O) groups excluding carboxylic acids is 1. The highest BCUT2D eigenvalue weighted by Crippen LogP contribution is 2.67. The zero-order valence-corrected chi connectivity index (χ0v) is 25.2. The van der Waals surface area contributed by atoms with Crippen LogP contribution in [0, 0.1) is 40.4 Å². The predicted octanol–water partition coefficient (Wildman–Crippen LogP) is 5.27. The van der Waals surface area contributed by atoms with E-state index in [9.17, 15) is 23.4 Å². The third-order valence-electron chi connectivity index (χ3n) is 11.3. The van der Waals surface area contributed by atoms with E-state index in [2.05, 4.69) is 13.8 Å². The fraction of sp³-hybridized carbons (Fsp3) is 0.774. The molecule has 9 heteroatoms. The topological polar surface area (TPSA) is 122 Å². The molecular formula is C31H47NO7S. The molecule has 224 valence electrons. The summed E-state index contributed by atoms with van der Waals surface area (Å²) in [6.45, 7) is 8.70. The summed E-state index contributed by atoms with van der Waals surface area (Å²) in [5.74, 6) is 2.52. The van der Waals surface area contributed by atoms with Gasteiger partial charge in [0.05, 0.1) is 29.8 Å². The van der Waals surface area contributed by atoms with E-state index in [1.54, 1.807) is 12.1 Å². The van der Waals surface area contributed by atoms with Crippen LogP contribution in [-0.4, -0.2) is 49.6 Å². The molecule has 0 aliphatic heterocycles. The van der Waals surface area contributed by atoms with Crippen LogP contribution in [-0.2, 0) is 14.8 Å². The van der Waals surface area contributed by atoms with Crippen molar-refractivity contribution in [3.8, 4) is 5.75 Å². The molecule has 40 heavy (non-hydrogen) atoms. The number of hydrogen-bond acceptors (Lipinski definition) is 7. The van der Waals surface area contributed by atoms with E-state index < -0.39 is 16.1 Å². The molecule has 0 spiro atoms. The van der Waals surface area contributed by atoms with Gasteiger partial charge in [-0.25, -0.2) is 17.9 Å². The lowest BCUT2D eigenvalue weighted by Gasteiger charge is -2.62. The average molecular weight is 578 g/mol. The maximum Gasteiger partial charge on any atom is 0.421 e. The quantitative estimate of drug-likeness (QED) is 0.404. The van der Waals surface area contributed by atoms with E-state index in [1.165, 1.54) is 12.1 Å². The molecule has 1 aromatic carbocycles. The lowest BCUT2D eigenvalue weighted by atomic mass is 9.44. The minimum atomic E-state index is -4.05. The average Bonchev–Trinajstić information content (AvgIpc) is 3.21. The number of rotatable bonds is 7. The van der Waals surface area contributed by atoms with Gasteiger partial charge < -0.3 is 19.7 Å². The van der Waals surface area contributed by atoms with E-state index in [0.29, 0.717) is 35.8 Å². The molecule has 4 saturated carbocycles. The summed E-state index contributed by atoms with van der Waals surface area (Å²) >= 11 is 0. The van der Waals surface area contributed by atoms with E-state index in [0.717, 1.165) is 51.4 Å².